The summed E-state index contributed by atoms with van der Waals surface area (Å²) in [6, 6.07) is 8.28. The fourth-order valence-corrected chi connectivity index (χ4v) is 3.15. The van der Waals surface area contributed by atoms with Gasteiger partial charge in [0, 0.05) is 12.6 Å². The topological polar surface area (TPSA) is 86.6 Å². The SMILES string of the molecule is CCCCCCCCCc1ccc(CNC(C)CC(C(=O)O)C(=O)O)cc1. The minimum absolute atomic E-state index is 0.0704. The van der Waals surface area contributed by atoms with Crippen LogP contribution in [0.15, 0.2) is 24.3 Å². The summed E-state index contributed by atoms with van der Waals surface area (Å²) in [4.78, 5) is 21.9. The molecule has 5 heteroatoms. The van der Waals surface area contributed by atoms with Gasteiger partial charge in [-0.25, -0.2) is 0 Å². The Morgan fingerprint density at radius 2 is 1.41 bits per heavy atom. The Bertz CT molecular complexity index is 542. The van der Waals surface area contributed by atoms with Crippen LogP contribution in [-0.2, 0) is 22.6 Å². The molecule has 0 amide bonds. The number of benzene rings is 1. The number of unbranched alkanes of at least 4 members (excludes halogenated alkanes) is 6. The number of hydrogen-bond donors (Lipinski definition) is 3. The number of hydrogen-bond acceptors (Lipinski definition) is 3. The van der Waals surface area contributed by atoms with E-state index in [2.05, 4.69) is 36.5 Å². The molecule has 0 aliphatic carbocycles. The van der Waals surface area contributed by atoms with Gasteiger partial charge in [-0.15, -0.1) is 0 Å². The van der Waals surface area contributed by atoms with Gasteiger partial charge in [-0.2, -0.15) is 0 Å². The molecule has 0 saturated heterocycles. The molecule has 0 fully saturated rings. The fraction of sp³-hybridized carbons (Fsp3) is 0.636. The molecule has 1 rings (SSSR count). The second kappa shape index (κ2) is 13.3. The highest BCUT2D eigenvalue weighted by molar-refractivity contribution is 5.92. The molecule has 1 aromatic carbocycles. The monoisotopic (exact) mass is 377 g/mol. The molecule has 0 heterocycles. The summed E-state index contributed by atoms with van der Waals surface area (Å²) in [5, 5.41) is 21.1. The molecule has 0 aromatic heterocycles. The molecular weight excluding hydrogens is 342 g/mol. The lowest BCUT2D eigenvalue weighted by Gasteiger charge is -2.16. The number of aryl methyl sites for hydroxylation is 1. The molecular formula is C22H35NO4. The van der Waals surface area contributed by atoms with Crippen molar-refractivity contribution in [1.82, 2.24) is 5.32 Å². The standard InChI is InChI=1S/C22H35NO4/c1-3-4-5-6-7-8-9-10-18-11-13-19(14-12-18)16-23-17(2)15-20(21(24)25)22(26)27/h11-14,17,20,23H,3-10,15-16H2,1-2H3,(H,24,25)(H,26,27). The van der Waals surface area contributed by atoms with Gasteiger partial charge >= 0.3 is 11.9 Å². The molecule has 1 unspecified atom stereocenters. The van der Waals surface area contributed by atoms with Gasteiger partial charge in [-0.05, 0) is 37.3 Å². The largest absolute Gasteiger partial charge is 0.481 e. The number of carboxylic acids is 2. The summed E-state index contributed by atoms with van der Waals surface area (Å²) in [7, 11) is 0. The zero-order valence-electron chi connectivity index (χ0n) is 16.7. The van der Waals surface area contributed by atoms with Gasteiger partial charge in [-0.3, -0.25) is 9.59 Å². The van der Waals surface area contributed by atoms with Crippen molar-refractivity contribution < 1.29 is 19.8 Å². The van der Waals surface area contributed by atoms with Crippen molar-refractivity contribution in [2.75, 3.05) is 0 Å². The number of rotatable bonds is 15. The first kappa shape index (κ1) is 23.2. The highest BCUT2D eigenvalue weighted by Gasteiger charge is 2.27. The van der Waals surface area contributed by atoms with E-state index in [9.17, 15) is 9.59 Å². The Morgan fingerprint density at radius 1 is 0.889 bits per heavy atom. The van der Waals surface area contributed by atoms with Crippen LogP contribution in [0.25, 0.3) is 0 Å². The van der Waals surface area contributed by atoms with Gasteiger partial charge in [0.25, 0.3) is 0 Å². The van der Waals surface area contributed by atoms with Crippen molar-refractivity contribution in [3.05, 3.63) is 35.4 Å². The number of nitrogens with one attached hydrogen (secondary N) is 1. The maximum atomic E-state index is 11.0. The van der Waals surface area contributed by atoms with E-state index in [0.29, 0.717) is 6.54 Å². The van der Waals surface area contributed by atoms with Crippen LogP contribution in [0.5, 0.6) is 0 Å². The second-order valence-electron chi connectivity index (χ2n) is 7.43. The summed E-state index contributed by atoms with van der Waals surface area (Å²) < 4.78 is 0. The minimum Gasteiger partial charge on any atom is -0.481 e. The van der Waals surface area contributed by atoms with Crippen LogP contribution >= 0.6 is 0 Å². The van der Waals surface area contributed by atoms with Gasteiger partial charge < -0.3 is 15.5 Å². The molecule has 0 spiro atoms. The average Bonchev–Trinajstić information content (AvgIpc) is 2.64. The van der Waals surface area contributed by atoms with Crippen molar-refractivity contribution in [3.8, 4) is 0 Å². The third-order valence-corrected chi connectivity index (χ3v) is 4.93. The molecule has 0 bridgehead atoms. The van der Waals surface area contributed by atoms with Crippen LogP contribution in [0.3, 0.4) is 0 Å². The predicted molar refractivity (Wildman–Crippen MR) is 108 cm³/mol. The van der Waals surface area contributed by atoms with E-state index in [-0.39, 0.29) is 12.5 Å². The molecule has 0 saturated carbocycles. The molecule has 1 atom stereocenters. The van der Waals surface area contributed by atoms with Crippen LogP contribution in [-0.4, -0.2) is 28.2 Å². The van der Waals surface area contributed by atoms with Gasteiger partial charge in [0.05, 0.1) is 0 Å². The lowest BCUT2D eigenvalue weighted by molar-refractivity contribution is -0.155. The van der Waals surface area contributed by atoms with E-state index < -0.39 is 17.9 Å². The van der Waals surface area contributed by atoms with Gasteiger partial charge in [0.2, 0.25) is 0 Å². The van der Waals surface area contributed by atoms with Crippen molar-refractivity contribution >= 4 is 11.9 Å². The van der Waals surface area contributed by atoms with E-state index in [1.165, 1.54) is 50.5 Å². The zero-order chi connectivity index (χ0) is 20.1. The van der Waals surface area contributed by atoms with Crippen LogP contribution in [0, 0.1) is 5.92 Å². The Morgan fingerprint density at radius 3 is 1.96 bits per heavy atom. The van der Waals surface area contributed by atoms with Crippen LogP contribution in [0.4, 0.5) is 0 Å². The Labute approximate surface area is 163 Å². The lowest BCUT2D eigenvalue weighted by atomic mass is 10.0. The Kier molecular flexibility index (Phi) is 11.4. The van der Waals surface area contributed by atoms with Gasteiger partial charge in [0.15, 0.2) is 5.92 Å². The minimum atomic E-state index is -1.36. The Balaban J connectivity index is 2.27. The molecule has 0 aliphatic rings. The summed E-state index contributed by atoms with van der Waals surface area (Å²) in [5.74, 6) is -3.94. The smallest absolute Gasteiger partial charge is 0.317 e. The van der Waals surface area contributed by atoms with Crippen molar-refractivity contribution in [3.63, 3.8) is 0 Å². The van der Waals surface area contributed by atoms with Crippen LogP contribution in [0.1, 0.15) is 76.3 Å². The van der Waals surface area contributed by atoms with Crippen LogP contribution in [0.2, 0.25) is 0 Å². The van der Waals surface area contributed by atoms with E-state index in [1.54, 1.807) is 0 Å². The summed E-state index contributed by atoms with van der Waals surface area (Å²) in [5.41, 5.74) is 2.46. The zero-order valence-corrected chi connectivity index (χ0v) is 16.7. The maximum absolute atomic E-state index is 11.0. The highest BCUT2D eigenvalue weighted by atomic mass is 16.4. The normalized spacial score (nSPS) is 12.3. The number of aliphatic carboxylic acids is 2. The quantitative estimate of drug-likeness (QED) is 0.306. The average molecular weight is 378 g/mol. The van der Waals surface area contributed by atoms with Crippen molar-refractivity contribution in [1.29, 1.82) is 0 Å². The second-order valence-corrected chi connectivity index (χ2v) is 7.43. The van der Waals surface area contributed by atoms with E-state index >= 15 is 0 Å². The highest BCUT2D eigenvalue weighted by Crippen LogP contribution is 2.13. The van der Waals surface area contributed by atoms with Gasteiger partial charge in [-0.1, -0.05) is 69.7 Å². The first-order valence-corrected chi connectivity index (χ1v) is 10.2. The molecule has 3 N–H and O–H groups in total. The Hall–Kier alpha value is -1.88. The van der Waals surface area contributed by atoms with E-state index in [1.807, 2.05) is 6.92 Å². The van der Waals surface area contributed by atoms with Crippen LogP contribution < -0.4 is 5.32 Å². The first-order valence-electron chi connectivity index (χ1n) is 10.2. The maximum Gasteiger partial charge on any atom is 0.317 e. The summed E-state index contributed by atoms with van der Waals surface area (Å²) in [6.07, 6.45) is 10.4. The molecule has 5 nitrogen and oxygen atoms in total. The predicted octanol–water partition coefficient (Wildman–Crippen LogP) is 4.63. The molecule has 0 radical (unpaired) electrons. The van der Waals surface area contributed by atoms with E-state index in [4.69, 9.17) is 10.2 Å². The van der Waals surface area contributed by atoms with Crippen molar-refractivity contribution in [2.45, 2.75) is 84.2 Å². The summed E-state index contributed by atoms with van der Waals surface area (Å²) in [6.45, 7) is 4.65. The van der Waals surface area contributed by atoms with E-state index in [0.717, 1.165) is 12.0 Å². The molecule has 0 aliphatic heterocycles. The van der Waals surface area contributed by atoms with Crippen molar-refractivity contribution in [2.24, 2.45) is 5.92 Å². The summed E-state index contributed by atoms with van der Waals surface area (Å²) >= 11 is 0. The molecule has 27 heavy (non-hydrogen) atoms. The fourth-order valence-electron chi connectivity index (χ4n) is 3.15. The van der Waals surface area contributed by atoms with Gasteiger partial charge in [0.1, 0.15) is 0 Å². The number of carbonyl (C=O) groups is 2. The third kappa shape index (κ3) is 10.1. The lowest BCUT2D eigenvalue weighted by Crippen LogP contribution is -2.33. The molecule has 1 aromatic rings. The first-order chi connectivity index (χ1) is 12.9. The number of carboxylic acid groups (broad SMARTS) is 2. The third-order valence-electron chi connectivity index (χ3n) is 4.93. The molecule has 152 valence electrons.